The summed E-state index contributed by atoms with van der Waals surface area (Å²) in [4.78, 5) is 13.8. The summed E-state index contributed by atoms with van der Waals surface area (Å²) < 4.78 is 0. The van der Waals surface area contributed by atoms with Gasteiger partial charge >= 0.3 is 0 Å². The lowest BCUT2D eigenvalue weighted by Crippen LogP contribution is -2.49. The lowest BCUT2D eigenvalue weighted by atomic mass is 10.1. The van der Waals surface area contributed by atoms with Crippen LogP contribution < -0.4 is 11.1 Å². The third-order valence-electron chi connectivity index (χ3n) is 2.88. The molecule has 1 unspecified atom stereocenters. The van der Waals surface area contributed by atoms with Gasteiger partial charge in [0.1, 0.15) is 0 Å². The molecule has 1 fully saturated rings. The van der Waals surface area contributed by atoms with E-state index in [0.717, 1.165) is 0 Å². The monoisotopic (exact) mass is 263 g/mol. The van der Waals surface area contributed by atoms with Crippen molar-refractivity contribution in [3.8, 4) is 0 Å². The van der Waals surface area contributed by atoms with Gasteiger partial charge in [-0.2, -0.15) is 0 Å². The van der Waals surface area contributed by atoms with Crippen LogP contribution in [0.2, 0.25) is 0 Å². The fourth-order valence-corrected chi connectivity index (χ4v) is 2.01. The molecule has 0 radical (unpaired) electrons. The van der Waals surface area contributed by atoms with Crippen LogP contribution in [0, 0.1) is 5.92 Å². The highest BCUT2D eigenvalue weighted by Crippen LogP contribution is 2.34. The molecule has 0 aromatic carbocycles. The van der Waals surface area contributed by atoms with Gasteiger partial charge in [-0.1, -0.05) is 0 Å². The molecular weight excluding hydrogens is 238 g/mol. The normalized spacial score (nSPS) is 17.5. The van der Waals surface area contributed by atoms with E-state index >= 15 is 0 Å². The first-order valence-electron chi connectivity index (χ1n) is 6.05. The Morgan fingerprint density at radius 3 is 2.35 bits per heavy atom. The Balaban J connectivity index is 0.00000256. The highest BCUT2D eigenvalue weighted by atomic mass is 35.5. The van der Waals surface area contributed by atoms with Gasteiger partial charge in [0, 0.05) is 18.1 Å². The number of halogens is 1. The fourth-order valence-electron chi connectivity index (χ4n) is 2.01. The van der Waals surface area contributed by atoms with Crippen LogP contribution in [-0.4, -0.2) is 42.5 Å². The van der Waals surface area contributed by atoms with Gasteiger partial charge in [-0.25, -0.2) is 0 Å². The van der Waals surface area contributed by atoms with E-state index in [4.69, 9.17) is 5.73 Å². The van der Waals surface area contributed by atoms with Crippen LogP contribution in [0.4, 0.5) is 0 Å². The van der Waals surface area contributed by atoms with Gasteiger partial charge in [0.15, 0.2) is 0 Å². The van der Waals surface area contributed by atoms with E-state index in [9.17, 15) is 4.79 Å². The summed E-state index contributed by atoms with van der Waals surface area (Å²) in [6, 6.07) is 0.366. The number of hydrogen-bond donors (Lipinski definition) is 2. The summed E-state index contributed by atoms with van der Waals surface area (Å²) in [5, 5.41) is 2.97. The van der Waals surface area contributed by atoms with Gasteiger partial charge in [0.25, 0.3) is 0 Å². The average Bonchev–Trinajstić information content (AvgIpc) is 2.85. The third kappa shape index (κ3) is 6.24. The van der Waals surface area contributed by atoms with Crippen molar-refractivity contribution in [2.24, 2.45) is 11.7 Å². The minimum atomic E-state index is -0.157. The van der Waals surface area contributed by atoms with Crippen LogP contribution in [0.1, 0.15) is 33.6 Å². The van der Waals surface area contributed by atoms with E-state index < -0.39 is 0 Å². The molecule has 0 aromatic heterocycles. The van der Waals surface area contributed by atoms with E-state index in [1.165, 1.54) is 12.8 Å². The predicted molar refractivity (Wildman–Crippen MR) is 73.3 cm³/mol. The van der Waals surface area contributed by atoms with Crippen molar-refractivity contribution in [2.45, 2.75) is 45.2 Å². The number of nitrogens with two attached hydrogens (primary N) is 1. The van der Waals surface area contributed by atoms with Gasteiger partial charge in [-0.05, 0) is 46.6 Å². The van der Waals surface area contributed by atoms with Gasteiger partial charge in [0.05, 0.1) is 6.54 Å². The zero-order valence-electron chi connectivity index (χ0n) is 11.3. The summed E-state index contributed by atoms with van der Waals surface area (Å²) >= 11 is 0. The highest BCUT2D eigenvalue weighted by molar-refractivity contribution is 5.85. The first-order chi connectivity index (χ1) is 7.33. The highest BCUT2D eigenvalue weighted by Gasteiger charge is 2.33. The predicted octanol–water partition coefficient (Wildman–Crippen LogP) is 0.992. The molecule has 1 aliphatic rings. The summed E-state index contributed by atoms with van der Waals surface area (Å²) in [5.41, 5.74) is 5.59. The Morgan fingerprint density at radius 2 is 2.00 bits per heavy atom. The number of likely N-dealkylation sites (N-methyl/N-ethyl adjacent to an activating group) is 1. The molecule has 0 saturated heterocycles. The maximum absolute atomic E-state index is 11.7. The summed E-state index contributed by atoms with van der Waals surface area (Å²) in [7, 11) is 1.98. The SMILES string of the molecule is CN(CC(=O)NC(C)(C)C)C(CN)C1CC1.Cl. The number of hydrogen-bond acceptors (Lipinski definition) is 3. The molecule has 4 nitrogen and oxygen atoms in total. The van der Waals surface area contributed by atoms with Crippen LogP contribution in [0.5, 0.6) is 0 Å². The van der Waals surface area contributed by atoms with E-state index in [1.807, 2.05) is 27.8 Å². The van der Waals surface area contributed by atoms with Crippen molar-refractivity contribution in [1.29, 1.82) is 0 Å². The first kappa shape index (κ1) is 16.7. The maximum atomic E-state index is 11.7. The topological polar surface area (TPSA) is 58.4 Å². The average molecular weight is 264 g/mol. The summed E-state index contributed by atoms with van der Waals surface area (Å²) in [5.74, 6) is 0.784. The van der Waals surface area contributed by atoms with E-state index in [0.29, 0.717) is 25.0 Å². The minimum Gasteiger partial charge on any atom is -0.350 e. The number of rotatable bonds is 5. The van der Waals surface area contributed by atoms with E-state index in [2.05, 4.69) is 10.2 Å². The minimum absolute atomic E-state index is 0. The quantitative estimate of drug-likeness (QED) is 0.778. The molecule has 0 aromatic rings. The van der Waals surface area contributed by atoms with Crippen LogP contribution in [0.25, 0.3) is 0 Å². The Kier molecular flexibility index (Phi) is 6.45. The molecule has 1 amide bonds. The Hall–Kier alpha value is -0.320. The molecule has 1 atom stereocenters. The second-order valence-corrected chi connectivity index (χ2v) is 5.85. The van der Waals surface area contributed by atoms with Gasteiger partial charge < -0.3 is 11.1 Å². The van der Waals surface area contributed by atoms with Crippen molar-refractivity contribution in [2.75, 3.05) is 20.1 Å². The summed E-state index contributed by atoms with van der Waals surface area (Å²) in [6.07, 6.45) is 2.51. The standard InChI is InChI=1S/C12H25N3O.ClH/c1-12(2,3)14-11(16)8-15(4)10(7-13)9-5-6-9;/h9-10H,5-8,13H2,1-4H3,(H,14,16);1H. The summed E-state index contributed by atoms with van der Waals surface area (Å²) in [6.45, 7) is 7.06. The smallest absolute Gasteiger partial charge is 0.234 e. The second kappa shape index (κ2) is 6.57. The molecule has 5 heteroatoms. The molecular formula is C12H26ClN3O. The van der Waals surface area contributed by atoms with Crippen LogP contribution in [0.15, 0.2) is 0 Å². The number of amides is 1. The first-order valence-corrected chi connectivity index (χ1v) is 6.05. The Labute approximate surface area is 111 Å². The number of carbonyl (C=O) groups is 1. The lowest BCUT2D eigenvalue weighted by Gasteiger charge is -2.28. The number of nitrogens with one attached hydrogen (secondary N) is 1. The van der Waals surface area contributed by atoms with Crippen LogP contribution in [0.3, 0.4) is 0 Å². The second-order valence-electron chi connectivity index (χ2n) is 5.85. The molecule has 1 rings (SSSR count). The molecule has 3 N–H and O–H groups in total. The zero-order chi connectivity index (χ0) is 12.3. The van der Waals surface area contributed by atoms with Gasteiger partial charge in [-0.15, -0.1) is 12.4 Å². The number of nitrogens with zero attached hydrogens (tertiary/aromatic N) is 1. The number of carbonyl (C=O) groups excluding carboxylic acids is 1. The van der Waals surface area contributed by atoms with Crippen molar-refractivity contribution in [3.63, 3.8) is 0 Å². The largest absolute Gasteiger partial charge is 0.350 e. The third-order valence-corrected chi connectivity index (χ3v) is 2.88. The molecule has 17 heavy (non-hydrogen) atoms. The van der Waals surface area contributed by atoms with Crippen molar-refractivity contribution in [1.82, 2.24) is 10.2 Å². The molecule has 0 aliphatic heterocycles. The van der Waals surface area contributed by atoms with E-state index in [1.54, 1.807) is 0 Å². The molecule has 1 aliphatic carbocycles. The van der Waals surface area contributed by atoms with Crippen LogP contribution >= 0.6 is 12.4 Å². The lowest BCUT2D eigenvalue weighted by molar-refractivity contribution is -0.123. The van der Waals surface area contributed by atoms with Crippen molar-refractivity contribution >= 4 is 18.3 Å². The van der Waals surface area contributed by atoms with Crippen molar-refractivity contribution < 1.29 is 4.79 Å². The Morgan fingerprint density at radius 1 is 1.47 bits per heavy atom. The molecule has 0 bridgehead atoms. The van der Waals surface area contributed by atoms with E-state index in [-0.39, 0.29) is 23.9 Å². The Bertz CT molecular complexity index is 249. The molecule has 102 valence electrons. The molecule has 0 heterocycles. The van der Waals surface area contributed by atoms with Crippen LogP contribution in [-0.2, 0) is 4.79 Å². The molecule has 1 saturated carbocycles. The zero-order valence-corrected chi connectivity index (χ0v) is 12.1. The van der Waals surface area contributed by atoms with Gasteiger partial charge in [-0.3, -0.25) is 9.69 Å². The molecule has 0 spiro atoms. The maximum Gasteiger partial charge on any atom is 0.234 e. The van der Waals surface area contributed by atoms with Crippen molar-refractivity contribution in [3.05, 3.63) is 0 Å². The fraction of sp³-hybridized carbons (Fsp3) is 0.917. The van der Waals surface area contributed by atoms with Gasteiger partial charge in [0.2, 0.25) is 5.91 Å².